The number of hydrogen-bond donors (Lipinski definition) is 1. The topological polar surface area (TPSA) is 88.1 Å². The van der Waals surface area contributed by atoms with E-state index in [0.717, 1.165) is 16.1 Å². The standard InChI is InChI=1S/C23H21ClFN3O4S/c1-16-11-12-22(32-2)21(13-16)28(33(30,31)17-7-4-3-5-8-17)15-23(29)27-26-14-18-19(24)9-6-10-20(18)25/h3-14H,15H2,1-2H3,(H,27,29)/b26-14+. The van der Waals surface area contributed by atoms with Crippen molar-refractivity contribution in [1.29, 1.82) is 0 Å². The minimum absolute atomic E-state index is 0.00278. The number of hydrazone groups is 1. The highest BCUT2D eigenvalue weighted by Crippen LogP contribution is 2.33. The molecule has 0 bridgehead atoms. The Bertz CT molecular complexity index is 1260. The zero-order valence-corrected chi connectivity index (χ0v) is 19.4. The zero-order chi connectivity index (χ0) is 24.0. The Labute approximate surface area is 196 Å². The minimum Gasteiger partial charge on any atom is -0.495 e. The largest absolute Gasteiger partial charge is 0.495 e. The first-order chi connectivity index (χ1) is 15.7. The van der Waals surface area contributed by atoms with E-state index >= 15 is 0 Å². The van der Waals surface area contributed by atoms with E-state index in [1.54, 1.807) is 43.3 Å². The van der Waals surface area contributed by atoms with Crippen LogP contribution in [-0.4, -0.2) is 34.2 Å². The highest BCUT2D eigenvalue weighted by molar-refractivity contribution is 7.92. The molecule has 0 saturated heterocycles. The molecule has 0 spiro atoms. The summed E-state index contributed by atoms with van der Waals surface area (Å²) in [7, 11) is -2.72. The van der Waals surface area contributed by atoms with E-state index in [1.165, 1.54) is 37.4 Å². The summed E-state index contributed by atoms with van der Waals surface area (Å²) in [5, 5.41) is 3.84. The van der Waals surface area contributed by atoms with Crippen LogP contribution in [0.1, 0.15) is 11.1 Å². The number of sulfonamides is 1. The Morgan fingerprint density at radius 2 is 1.88 bits per heavy atom. The molecule has 10 heteroatoms. The smallest absolute Gasteiger partial charge is 0.264 e. The maximum Gasteiger partial charge on any atom is 0.264 e. The second-order valence-corrected chi connectivity index (χ2v) is 9.20. The van der Waals surface area contributed by atoms with Crippen LogP contribution in [0.15, 0.2) is 76.7 Å². The lowest BCUT2D eigenvalue weighted by atomic mass is 10.2. The summed E-state index contributed by atoms with van der Waals surface area (Å²) in [4.78, 5) is 12.7. The third kappa shape index (κ3) is 5.68. The van der Waals surface area contributed by atoms with Gasteiger partial charge in [0.15, 0.2) is 0 Å². The fraction of sp³-hybridized carbons (Fsp3) is 0.130. The second kappa shape index (κ2) is 10.5. The first kappa shape index (κ1) is 24.2. The number of halogens is 2. The average molecular weight is 490 g/mol. The lowest BCUT2D eigenvalue weighted by Gasteiger charge is -2.25. The number of amides is 1. The van der Waals surface area contributed by atoms with Gasteiger partial charge in [-0.2, -0.15) is 5.10 Å². The predicted molar refractivity (Wildman–Crippen MR) is 126 cm³/mol. The van der Waals surface area contributed by atoms with Crippen LogP contribution >= 0.6 is 11.6 Å². The normalized spacial score (nSPS) is 11.4. The van der Waals surface area contributed by atoms with Gasteiger partial charge in [0.05, 0.1) is 28.9 Å². The first-order valence-corrected chi connectivity index (χ1v) is 11.5. The summed E-state index contributed by atoms with van der Waals surface area (Å²) >= 11 is 5.94. The minimum atomic E-state index is -4.13. The molecule has 172 valence electrons. The van der Waals surface area contributed by atoms with Crippen LogP contribution in [0.2, 0.25) is 5.02 Å². The van der Waals surface area contributed by atoms with Crippen molar-refractivity contribution in [3.8, 4) is 5.75 Å². The van der Waals surface area contributed by atoms with Crippen LogP contribution in [0.3, 0.4) is 0 Å². The van der Waals surface area contributed by atoms with E-state index in [9.17, 15) is 17.6 Å². The van der Waals surface area contributed by atoms with E-state index in [0.29, 0.717) is 0 Å². The number of methoxy groups -OCH3 is 1. The zero-order valence-electron chi connectivity index (χ0n) is 17.8. The quantitative estimate of drug-likeness (QED) is 0.380. The van der Waals surface area contributed by atoms with Gasteiger partial charge in [-0.05, 0) is 48.9 Å². The molecule has 3 aromatic rings. The number of rotatable bonds is 8. The number of anilines is 1. The van der Waals surface area contributed by atoms with Crippen LogP contribution in [0.25, 0.3) is 0 Å². The van der Waals surface area contributed by atoms with Crippen molar-refractivity contribution in [1.82, 2.24) is 5.43 Å². The number of ether oxygens (including phenoxy) is 1. The number of nitrogens with one attached hydrogen (secondary N) is 1. The molecular weight excluding hydrogens is 469 g/mol. The predicted octanol–water partition coefficient (Wildman–Crippen LogP) is 4.14. The molecule has 0 saturated carbocycles. The van der Waals surface area contributed by atoms with Crippen molar-refractivity contribution in [2.24, 2.45) is 5.10 Å². The number of carbonyl (C=O) groups excluding carboxylic acids is 1. The summed E-state index contributed by atoms with van der Waals surface area (Å²) in [6.45, 7) is 1.19. The van der Waals surface area contributed by atoms with Gasteiger partial charge >= 0.3 is 0 Å². The summed E-state index contributed by atoms with van der Waals surface area (Å²) in [6.07, 6.45) is 1.05. The van der Waals surface area contributed by atoms with Gasteiger partial charge in [0.25, 0.3) is 15.9 Å². The highest BCUT2D eigenvalue weighted by atomic mass is 35.5. The summed E-state index contributed by atoms with van der Waals surface area (Å²) in [5.74, 6) is -1.09. The Kier molecular flexibility index (Phi) is 7.67. The molecule has 0 atom stereocenters. The Balaban J connectivity index is 1.93. The molecule has 1 N–H and O–H groups in total. The van der Waals surface area contributed by atoms with Gasteiger partial charge in [-0.15, -0.1) is 0 Å². The van der Waals surface area contributed by atoms with Gasteiger partial charge < -0.3 is 4.74 Å². The van der Waals surface area contributed by atoms with Gasteiger partial charge in [0.2, 0.25) is 0 Å². The van der Waals surface area contributed by atoms with Gasteiger partial charge in [-0.3, -0.25) is 9.10 Å². The molecule has 0 aliphatic heterocycles. The average Bonchev–Trinajstić information content (AvgIpc) is 2.80. The Morgan fingerprint density at radius 1 is 1.15 bits per heavy atom. The number of carbonyl (C=O) groups is 1. The number of nitrogens with zero attached hydrogens (tertiary/aromatic N) is 2. The molecule has 0 unspecified atom stereocenters. The van der Waals surface area contributed by atoms with Crippen LogP contribution < -0.4 is 14.5 Å². The first-order valence-electron chi connectivity index (χ1n) is 9.72. The van der Waals surface area contributed by atoms with Crippen molar-refractivity contribution >= 4 is 39.4 Å². The van der Waals surface area contributed by atoms with Crippen LogP contribution in [0.5, 0.6) is 5.75 Å². The van der Waals surface area contributed by atoms with Crippen LogP contribution in [-0.2, 0) is 14.8 Å². The maximum absolute atomic E-state index is 13.9. The monoisotopic (exact) mass is 489 g/mol. The summed E-state index contributed by atoms with van der Waals surface area (Å²) in [5.41, 5.74) is 3.18. The molecule has 0 aliphatic carbocycles. The van der Waals surface area contributed by atoms with E-state index in [4.69, 9.17) is 16.3 Å². The van der Waals surface area contributed by atoms with E-state index in [2.05, 4.69) is 10.5 Å². The molecule has 0 aliphatic rings. The SMILES string of the molecule is COc1ccc(C)cc1N(CC(=O)N/N=C/c1c(F)cccc1Cl)S(=O)(=O)c1ccccc1. The summed E-state index contributed by atoms with van der Waals surface area (Å²) in [6, 6.07) is 16.8. The molecule has 0 radical (unpaired) electrons. The van der Waals surface area contributed by atoms with Gasteiger partial charge in [0.1, 0.15) is 18.1 Å². The maximum atomic E-state index is 13.9. The van der Waals surface area contributed by atoms with Crippen molar-refractivity contribution in [3.05, 3.63) is 88.7 Å². The van der Waals surface area contributed by atoms with Gasteiger partial charge in [-0.25, -0.2) is 18.2 Å². The number of hydrogen-bond acceptors (Lipinski definition) is 5. The highest BCUT2D eigenvalue weighted by Gasteiger charge is 2.29. The van der Waals surface area contributed by atoms with E-state index < -0.39 is 28.3 Å². The van der Waals surface area contributed by atoms with Gasteiger partial charge in [-0.1, -0.05) is 41.9 Å². The molecule has 0 aromatic heterocycles. The van der Waals surface area contributed by atoms with Crippen LogP contribution in [0.4, 0.5) is 10.1 Å². The van der Waals surface area contributed by atoms with E-state index in [-0.39, 0.29) is 26.9 Å². The molecule has 1 amide bonds. The molecular formula is C23H21ClFN3O4S. The fourth-order valence-electron chi connectivity index (χ4n) is 2.98. The fourth-order valence-corrected chi connectivity index (χ4v) is 4.64. The van der Waals surface area contributed by atoms with Crippen LogP contribution in [0, 0.1) is 12.7 Å². The Morgan fingerprint density at radius 3 is 2.55 bits per heavy atom. The second-order valence-electron chi connectivity index (χ2n) is 6.93. The van der Waals surface area contributed by atoms with Crippen molar-refractivity contribution in [2.75, 3.05) is 18.0 Å². The molecule has 0 heterocycles. The summed E-state index contributed by atoms with van der Waals surface area (Å²) < 4.78 is 47.0. The third-order valence-electron chi connectivity index (χ3n) is 4.60. The van der Waals surface area contributed by atoms with Gasteiger partial charge in [0, 0.05) is 5.56 Å². The number of aryl methyl sites for hydroxylation is 1. The molecule has 7 nitrogen and oxygen atoms in total. The molecule has 33 heavy (non-hydrogen) atoms. The van der Waals surface area contributed by atoms with Crippen molar-refractivity contribution in [3.63, 3.8) is 0 Å². The van der Waals surface area contributed by atoms with Crippen molar-refractivity contribution in [2.45, 2.75) is 11.8 Å². The number of benzene rings is 3. The van der Waals surface area contributed by atoms with Crippen molar-refractivity contribution < 1.29 is 22.3 Å². The Hall–Kier alpha value is -3.43. The molecule has 3 rings (SSSR count). The van der Waals surface area contributed by atoms with E-state index in [1.807, 2.05) is 0 Å². The lowest BCUT2D eigenvalue weighted by molar-refractivity contribution is -0.119. The third-order valence-corrected chi connectivity index (χ3v) is 6.71. The molecule has 0 fully saturated rings. The lowest BCUT2D eigenvalue weighted by Crippen LogP contribution is -2.39. The molecule has 3 aromatic carbocycles.